The van der Waals surface area contributed by atoms with E-state index in [2.05, 4.69) is 27.7 Å². The second-order valence-corrected chi connectivity index (χ2v) is 6.41. The first-order valence-corrected chi connectivity index (χ1v) is 8.72. The van der Waals surface area contributed by atoms with Gasteiger partial charge in [0.25, 0.3) is 0 Å². The van der Waals surface area contributed by atoms with Gasteiger partial charge in [-0.3, -0.25) is 0 Å². The van der Waals surface area contributed by atoms with Crippen LogP contribution in [0.2, 0.25) is 0 Å². The molecule has 110 valence electrons. The lowest BCUT2D eigenvalue weighted by Crippen LogP contribution is -2.08. The minimum Gasteiger partial charge on any atom is -0.0654 e. The largest absolute Gasteiger partial charge is 0.0654 e. The molecule has 18 heavy (non-hydrogen) atoms. The van der Waals surface area contributed by atoms with Crippen molar-refractivity contribution in [1.29, 1.82) is 0 Å². The topological polar surface area (TPSA) is 0 Å². The third kappa shape index (κ3) is 11.1. The number of hydrogen-bond donors (Lipinski definition) is 0. The molecule has 0 heteroatoms. The normalized spacial score (nSPS) is 13.2. The van der Waals surface area contributed by atoms with Gasteiger partial charge >= 0.3 is 0 Å². The van der Waals surface area contributed by atoms with E-state index in [1.165, 1.54) is 77.0 Å². The van der Waals surface area contributed by atoms with Crippen LogP contribution in [-0.2, 0) is 0 Å². The van der Waals surface area contributed by atoms with Crippen LogP contribution < -0.4 is 0 Å². The molecule has 0 aliphatic rings. The van der Waals surface area contributed by atoms with Crippen LogP contribution in [0.25, 0.3) is 0 Å². The van der Waals surface area contributed by atoms with Gasteiger partial charge in [0.15, 0.2) is 0 Å². The van der Waals surface area contributed by atoms with E-state index in [9.17, 15) is 0 Å². The number of hydrogen-bond acceptors (Lipinski definition) is 0. The fraction of sp³-hybridized carbons (Fsp3) is 1.00. The van der Waals surface area contributed by atoms with Crippen LogP contribution in [0, 0.1) is 11.8 Å². The standard InChI is InChI=1S/C18H38/c1-5-7-9-11-12-14-16-18(17(3)4)15-13-10-8-6-2/h17-18H,5-16H2,1-4H3. The molecule has 0 bridgehead atoms. The third-order valence-electron chi connectivity index (χ3n) is 4.30. The summed E-state index contributed by atoms with van der Waals surface area (Å²) in [6.07, 6.45) is 17.3. The second-order valence-electron chi connectivity index (χ2n) is 6.41. The van der Waals surface area contributed by atoms with Crippen LogP contribution in [-0.4, -0.2) is 0 Å². The van der Waals surface area contributed by atoms with E-state index in [-0.39, 0.29) is 0 Å². The minimum atomic E-state index is 0.891. The predicted octanol–water partition coefficient (Wildman–Crippen LogP) is 6.98. The highest BCUT2D eigenvalue weighted by Gasteiger charge is 2.12. The monoisotopic (exact) mass is 254 g/mol. The van der Waals surface area contributed by atoms with E-state index in [0.717, 1.165) is 11.8 Å². The molecule has 0 rings (SSSR count). The minimum absolute atomic E-state index is 0.891. The Hall–Kier alpha value is 0. The van der Waals surface area contributed by atoms with Gasteiger partial charge in [0.1, 0.15) is 0 Å². The first kappa shape index (κ1) is 18.0. The highest BCUT2D eigenvalue weighted by Crippen LogP contribution is 2.25. The van der Waals surface area contributed by atoms with Gasteiger partial charge in [-0.2, -0.15) is 0 Å². The van der Waals surface area contributed by atoms with Crippen LogP contribution >= 0.6 is 0 Å². The highest BCUT2D eigenvalue weighted by atomic mass is 14.2. The fourth-order valence-electron chi connectivity index (χ4n) is 2.83. The van der Waals surface area contributed by atoms with E-state index in [4.69, 9.17) is 0 Å². The molecular formula is C18H38. The smallest absolute Gasteiger partial charge is 0.0391 e. The van der Waals surface area contributed by atoms with Gasteiger partial charge in [-0.25, -0.2) is 0 Å². The predicted molar refractivity (Wildman–Crippen MR) is 85.1 cm³/mol. The van der Waals surface area contributed by atoms with Crippen molar-refractivity contribution < 1.29 is 0 Å². The maximum absolute atomic E-state index is 2.42. The fourth-order valence-corrected chi connectivity index (χ4v) is 2.83. The molecule has 0 aromatic carbocycles. The zero-order valence-corrected chi connectivity index (χ0v) is 13.6. The molecule has 0 fully saturated rings. The SMILES string of the molecule is CCCCCCCCC(CCCCCC)C(C)C. The van der Waals surface area contributed by atoms with Crippen molar-refractivity contribution in [3.63, 3.8) is 0 Å². The summed E-state index contributed by atoms with van der Waals surface area (Å²) in [7, 11) is 0. The molecule has 0 saturated carbocycles. The lowest BCUT2D eigenvalue weighted by atomic mass is 9.85. The summed E-state index contributed by atoms with van der Waals surface area (Å²) < 4.78 is 0. The third-order valence-corrected chi connectivity index (χ3v) is 4.30. The Morgan fingerprint density at radius 3 is 1.39 bits per heavy atom. The average Bonchev–Trinajstić information content (AvgIpc) is 2.35. The molecule has 0 amide bonds. The molecule has 0 aliphatic carbocycles. The Morgan fingerprint density at radius 1 is 0.556 bits per heavy atom. The summed E-state index contributed by atoms with van der Waals surface area (Å²) in [5.41, 5.74) is 0. The summed E-state index contributed by atoms with van der Waals surface area (Å²) in [6.45, 7) is 9.43. The van der Waals surface area contributed by atoms with Crippen molar-refractivity contribution in [2.45, 2.75) is 105 Å². The lowest BCUT2D eigenvalue weighted by molar-refractivity contribution is 0.313. The van der Waals surface area contributed by atoms with Crippen molar-refractivity contribution in [3.8, 4) is 0 Å². The zero-order chi connectivity index (χ0) is 13.6. The Balaban J connectivity index is 3.51. The van der Waals surface area contributed by atoms with Crippen LogP contribution in [0.1, 0.15) is 105 Å². The number of rotatable bonds is 13. The Kier molecular flexibility index (Phi) is 13.4. The Labute approximate surface area is 117 Å². The Bertz CT molecular complexity index is 148. The van der Waals surface area contributed by atoms with Crippen molar-refractivity contribution in [2.24, 2.45) is 11.8 Å². The van der Waals surface area contributed by atoms with Gasteiger partial charge < -0.3 is 0 Å². The number of unbranched alkanes of at least 4 members (excludes halogenated alkanes) is 8. The summed E-state index contributed by atoms with van der Waals surface area (Å²) in [5.74, 6) is 1.88. The molecule has 0 radical (unpaired) electrons. The molecule has 0 aromatic heterocycles. The van der Waals surface area contributed by atoms with E-state index < -0.39 is 0 Å². The van der Waals surface area contributed by atoms with Crippen molar-refractivity contribution in [2.75, 3.05) is 0 Å². The molecule has 0 aliphatic heterocycles. The second kappa shape index (κ2) is 13.4. The van der Waals surface area contributed by atoms with Gasteiger partial charge in [-0.15, -0.1) is 0 Å². The van der Waals surface area contributed by atoms with Gasteiger partial charge in [0.2, 0.25) is 0 Å². The van der Waals surface area contributed by atoms with Crippen molar-refractivity contribution in [1.82, 2.24) is 0 Å². The van der Waals surface area contributed by atoms with Crippen LogP contribution in [0.4, 0.5) is 0 Å². The van der Waals surface area contributed by atoms with E-state index in [0.29, 0.717) is 0 Å². The summed E-state index contributed by atoms with van der Waals surface area (Å²) in [6, 6.07) is 0. The molecule has 0 spiro atoms. The molecule has 1 atom stereocenters. The van der Waals surface area contributed by atoms with Crippen LogP contribution in [0.5, 0.6) is 0 Å². The molecular weight excluding hydrogens is 216 g/mol. The maximum Gasteiger partial charge on any atom is -0.0391 e. The van der Waals surface area contributed by atoms with E-state index in [1.807, 2.05) is 0 Å². The first-order valence-electron chi connectivity index (χ1n) is 8.72. The highest BCUT2D eigenvalue weighted by molar-refractivity contribution is 4.64. The van der Waals surface area contributed by atoms with E-state index >= 15 is 0 Å². The average molecular weight is 255 g/mol. The van der Waals surface area contributed by atoms with Crippen molar-refractivity contribution in [3.05, 3.63) is 0 Å². The summed E-state index contributed by atoms with van der Waals surface area (Å²) >= 11 is 0. The maximum atomic E-state index is 2.42. The molecule has 0 saturated heterocycles. The van der Waals surface area contributed by atoms with Gasteiger partial charge in [0, 0.05) is 0 Å². The molecule has 0 N–H and O–H groups in total. The summed E-state index contributed by atoms with van der Waals surface area (Å²) in [5, 5.41) is 0. The Morgan fingerprint density at radius 2 is 0.944 bits per heavy atom. The quantitative estimate of drug-likeness (QED) is 0.311. The van der Waals surface area contributed by atoms with Gasteiger partial charge in [-0.05, 0) is 11.8 Å². The van der Waals surface area contributed by atoms with E-state index in [1.54, 1.807) is 0 Å². The van der Waals surface area contributed by atoms with Gasteiger partial charge in [-0.1, -0.05) is 105 Å². The van der Waals surface area contributed by atoms with Crippen molar-refractivity contribution >= 4 is 0 Å². The van der Waals surface area contributed by atoms with Gasteiger partial charge in [0.05, 0.1) is 0 Å². The summed E-state index contributed by atoms with van der Waals surface area (Å²) in [4.78, 5) is 0. The van der Waals surface area contributed by atoms with Crippen LogP contribution in [0.15, 0.2) is 0 Å². The lowest BCUT2D eigenvalue weighted by Gasteiger charge is -2.20. The first-order chi connectivity index (χ1) is 8.72. The molecule has 0 heterocycles. The molecule has 1 unspecified atom stereocenters. The zero-order valence-electron chi connectivity index (χ0n) is 13.6. The molecule has 0 nitrogen and oxygen atoms in total. The van der Waals surface area contributed by atoms with Crippen LogP contribution in [0.3, 0.4) is 0 Å². The molecule has 0 aromatic rings.